The molecule has 0 unspecified atom stereocenters. The summed E-state index contributed by atoms with van der Waals surface area (Å²) in [6.45, 7) is 14.1. The van der Waals surface area contributed by atoms with Gasteiger partial charge in [0, 0.05) is 24.4 Å². The van der Waals surface area contributed by atoms with E-state index < -0.39 is 0 Å². The van der Waals surface area contributed by atoms with Gasteiger partial charge in [-0.2, -0.15) is 0 Å². The van der Waals surface area contributed by atoms with Crippen molar-refractivity contribution in [1.29, 1.82) is 0 Å². The summed E-state index contributed by atoms with van der Waals surface area (Å²) < 4.78 is 0. The molecule has 0 N–H and O–H groups in total. The summed E-state index contributed by atoms with van der Waals surface area (Å²) in [4.78, 5) is 27.1. The molecule has 1 heterocycles. The van der Waals surface area contributed by atoms with Crippen molar-refractivity contribution in [3.8, 4) is 0 Å². The molecule has 0 aromatic rings. The minimum absolute atomic E-state index is 0.192. The number of carbonyl (C=O) groups is 2. The lowest BCUT2D eigenvalue weighted by Gasteiger charge is -2.38. The molecule has 1 aliphatic carbocycles. The van der Waals surface area contributed by atoms with E-state index in [0.717, 1.165) is 37.2 Å². The van der Waals surface area contributed by atoms with Gasteiger partial charge in [-0.3, -0.25) is 9.59 Å². The van der Waals surface area contributed by atoms with E-state index in [1.54, 1.807) is 0 Å². The van der Waals surface area contributed by atoms with E-state index in [4.69, 9.17) is 0 Å². The molecule has 2 aliphatic rings. The summed E-state index contributed by atoms with van der Waals surface area (Å²) in [6.07, 6.45) is 7.06. The Kier molecular flexibility index (Phi) is 5.61. The number of hydrogen-bond acceptors (Lipinski definition) is 2. The van der Waals surface area contributed by atoms with Gasteiger partial charge < -0.3 is 4.90 Å². The van der Waals surface area contributed by atoms with Gasteiger partial charge in [-0.15, -0.1) is 0 Å². The Bertz CT molecular complexity index is 511. The van der Waals surface area contributed by atoms with Crippen molar-refractivity contribution in [3.05, 3.63) is 11.6 Å². The predicted molar refractivity (Wildman–Crippen MR) is 98.6 cm³/mol. The van der Waals surface area contributed by atoms with E-state index in [-0.39, 0.29) is 17.1 Å². The lowest BCUT2D eigenvalue weighted by Crippen LogP contribution is -2.42. The van der Waals surface area contributed by atoms with Gasteiger partial charge in [0.1, 0.15) is 0 Å². The molecule has 1 aliphatic heterocycles. The maximum absolute atomic E-state index is 12.8. The Balaban J connectivity index is 1.90. The summed E-state index contributed by atoms with van der Waals surface area (Å²) in [5.41, 5.74) is 0.927. The standard InChI is InChI=1S/C21H35NO2/c1-20(2,3)17-9-7-16(8-10-17)19(24)22-13-11-15(12-14-22)18(23)21(4,5)6/h11,16-17H,7-10,12-14H2,1-6H3. The first-order valence-corrected chi connectivity index (χ1v) is 9.53. The second-order valence-electron chi connectivity index (χ2n) is 9.76. The second kappa shape index (κ2) is 7.01. The van der Waals surface area contributed by atoms with Crippen LogP contribution in [0, 0.1) is 22.7 Å². The van der Waals surface area contributed by atoms with Gasteiger partial charge >= 0.3 is 0 Å². The molecule has 3 nitrogen and oxygen atoms in total. The maximum Gasteiger partial charge on any atom is 0.225 e. The highest BCUT2D eigenvalue weighted by Crippen LogP contribution is 2.40. The number of hydrogen-bond donors (Lipinski definition) is 0. The van der Waals surface area contributed by atoms with Crippen LogP contribution in [0.15, 0.2) is 11.6 Å². The number of nitrogens with zero attached hydrogens (tertiary/aromatic N) is 1. The molecule has 1 fully saturated rings. The molecule has 136 valence electrons. The second-order valence-corrected chi connectivity index (χ2v) is 9.76. The highest BCUT2D eigenvalue weighted by molar-refractivity contribution is 5.99. The molecular weight excluding hydrogens is 298 g/mol. The molecule has 1 amide bonds. The lowest BCUT2D eigenvalue weighted by molar-refractivity contribution is -0.137. The summed E-state index contributed by atoms with van der Waals surface area (Å²) in [7, 11) is 0. The van der Waals surface area contributed by atoms with Gasteiger partial charge in [-0.1, -0.05) is 47.6 Å². The maximum atomic E-state index is 12.8. The molecule has 0 saturated heterocycles. The number of Topliss-reactive ketones (excluding diaryl/α,β-unsaturated/α-hetero) is 1. The van der Waals surface area contributed by atoms with E-state index in [1.165, 1.54) is 0 Å². The Labute approximate surface area is 147 Å². The molecular formula is C21H35NO2. The zero-order valence-electron chi connectivity index (χ0n) is 16.4. The van der Waals surface area contributed by atoms with E-state index in [1.807, 2.05) is 31.7 Å². The van der Waals surface area contributed by atoms with Crippen LogP contribution in [0.3, 0.4) is 0 Å². The highest BCUT2D eigenvalue weighted by atomic mass is 16.2. The van der Waals surface area contributed by atoms with Gasteiger partial charge in [0.15, 0.2) is 5.78 Å². The van der Waals surface area contributed by atoms with Crippen molar-refractivity contribution in [2.24, 2.45) is 22.7 Å². The van der Waals surface area contributed by atoms with Crippen molar-refractivity contribution in [1.82, 2.24) is 4.90 Å². The van der Waals surface area contributed by atoms with Crippen LogP contribution in [0.1, 0.15) is 73.6 Å². The quantitative estimate of drug-likeness (QED) is 0.740. The van der Waals surface area contributed by atoms with Gasteiger partial charge in [-0.25, -0.2) is 0 Å². The van der Waals surface area contributed by atoms with Gasteiger partial charge in [-0.05, 0) is 49.0 Å². The smallest absolute Gasteiger partial charge is 0.225 e. The zero-order valence-corrected chi connectivity index (χ0v) is 16.4. The normalized spacial score (nSPS) is 26.1. The fraction of sp³-hybridized carbons (Fsp3) is 0.810. The third-order valence-corrected chi connectivity index (χ3v) is 5.79. The molecule has 0 atom stereocenters. The van der Waals surface area contributed by atoms with Crippen molar-refractivity contribution in [3.63, 3.8) is 0 Å². The molecule has 0 bridgehead atoms. The average molecular weight is 334 g/mol. The van der Waals surface area contributed by atoms with Crippen molar-refractivity contribution >= 4 is 11.7 Å². The summed E-state index contributed by atoms with van der Waals surface area (Å²) in [5.74, 6) is 1.46. The Morgan fingerprint density at radius 2 is 1.58 bits per heavy atom. The molecule has 0 aromatic carbocycles. The van der Waals surface area contributed by atoms with Crippen LogP contribution in [-0.2, 0) is 9.59 Å². The van der Waals surface area contributed by atoms with Crippen LogP contribution in [0.25, 0.3) is 0 Å². The van der Waals surface area contributed by atoms with Crippen LogP contribution in [-0.4, -0.2) is 29.7 Å². The van der Waals surface area contributed by atoms with Gasteiger partial charge in [0.05, 0.1) is 0 Å². The highest BCUT2D eigenvalue weighted by Gasteiger charge is 2.35. The van der Waals surface area contributed by atoms with E-state index in [9.17, 15) is 9.59 Å². The first kappa shape index (κ1) is 19.2. The zero-order chi connectivity index (χ0) is 18.1. The minimum atomic E-state index is -0.330. The molecule has 3 heteroatoms. The van der Waals surface area contributed by atoms with Crippen molar-refractivity contribution in [2.45, 2.75) is 73.6 Å². The lowest BCUT2D eigenvalue weighted by atomic mass is 9.69. The van der Waals surface area contributed by atoms with Gasteiger partial charge in [0.25, 0.3) is 0 Å². The number of ketones is 1. The van der Waals surface area contributed by atoms with E-state index >= 15 is 0 Å². The fourth-order valence-corrected chi connectivity index (χ4v) is 4.02. The van der Waals surface area contributed by atoms with Crippen LogP contribution in [0.2, 0.25) is 0 Å². The van der Waals surface area contributed by atoms with Crippen LogP contribution in [0.5, 0.6) is 0 Å². The minimum Gasteiger partial charge on any atom is -0.338 e. The molecule has 0 aromatic heterocycles. The van der Waals surface area contributed by atoms with Gasteiger partial charge in [0.2, 0.25) is 5.91 Å². The summed E-state index contributed by atoms with van der Waals surface area (Å²) >= 11 is 0. The van der Waals surface area contributed by atoms with E-state index in [2.05, 4.69) is 20.8 Å². The largest absolute Gasteiger partial charge is 0.338 e. The van der Waals surface area contributed by atoms with Crippen molar-refractivity contribution < 1.29 is 9.59 Å². The van der Waals surface area contributed by atoms with E-state index in [0.29, 0.717) is 30.8 Å². The Morgan fingerprint density at radius 1 is 1.00 bits per heavy atom. The first-order chi connectivity index (χ1) is 11.0. The summed E-state index contributed by atoms with van der Waals surface area (Å²) in [5, 5.41) is 0. The number of amides is 1. The first-order valence-electron chi connectivity index (χ1n) is 9.53. The van der Waals surface area contributed by atoms with Crippen LogP contribution < -0.4 is 0 Å². The predicted octanol–water partition coefficient (Wildman–Crippen LogP) is 4.61. The topological polar surface area (TPSA) is 37.4 Å². The SMILES string of the molecule is CC(C)(C)C(=O)C1=CCN(C(=O)C2CCC(C(C)(C)C)CC2)CC1. The number of carbonyl (C=O) groups excluding carboxylic acids is 2. The monoisotopic (exact) mass is 333 g/mol. The van der Waals surface area contributed by atoms with Crippen LogP contribution in [0.4, 0.5) is 0 Å². The molecule has 0 spiro atoms. The average Bonchev–Trinajstić information content (AvgIpc) is 2.52. The fourth-order valence-electron chi connectivity index (χ4n) is 4.02. The Hall–Kier alpha value is -1.12. The molecule has 24 heavy (non-hydrogen) atoms. The van der Waals surface area contributed by atoms with Crippen molar-refractivity contribution in [2.75, 3.05) is 13.1 Å². The Morgan fingerprint density at radius 3 is 2.00 bits per heavy atom. The molecule has 2 rings (SSSR count). The number of rotatable bonds is 2. The molecule has 1 saturated carbocycles. The third-order valence-electron chi connectivity index (χ3n) is 5.79. The van der Waals surface area contributed by atoms with Crippen LogP contribution >= 0.6 is 0 Å². The summed E-state index contributed by atoms with van der Waals surface area (Å²) in [6, 6.07) is 0. The third kappa shape index (κ3) is 4.49. The molecule has 0 radical (unpaired) electrons.